The summed E-state index contributed by atoms with van der Waals surface area (Å²) < 4.78 is 4.88. The van der Waals surface area contributed by atoms with Gasteiger partial charge in [0.2, 0.25) is 12.4 Å². The lowest BCUT2D eigenvalue weighted by molar-refractivity contribution is -0.479. The van der Waals surface area contributed by atoms with Gasteiger partial charge in [-0.3, -0.25) is 10.1 Å². The van der Waals surface area contributed by atoms with Gasteiger partial charge in [0.05, 0.1) is 19.2 Å². The van der Waals surface area contributed by atoms with Gasteiger partial charge < -0.3 is 4.74 Å². The molecule has 0 bridgehead atoms. The lowest BCUT2D eigenvalue weighted by Crippen LogP contribution is -2.05. The Balaban J connectivity index is 2.61. The van der Waals surface area contributed by atoms with Gasteiger partial charge in [0.15, 0.2) is 0 Å². The lowest BCUT2D eigenvalue weighted by atomic mass is 10.3. The molecule has 5 nitrogen and oxygen atoms in total. The number of ether oxygens (including phenoxy) is 1. The fourth-order valence-corrected chi connectivity index (χ4v) is 0.916. The van der Waals surface area contributed by atoms with E-state index in [1.165, 1.54) is 7.11 Å². The first-order valence-electron chi connectivity index (χ1n) is 3.84. The Morgan fingerprint density at radius 1 is 1.62 bits per heavy atom. The van der Waals surface area contributed by atoms with E-state index in [2.05, 4.69) is 4.98 Å². The molecule has 0 aliphatic heterocycles. The third kappa shape index (κ3) is 3.06. The highest BCUT2D eigenvalue weighted by molar-refractivity contribution is 5.15. The van der Waals surface area contributed by atoms with Gasteiger partial charge in [-0.2, -0.15) is 0 Å². The monoisotopic (exact) mass is 182 g/mol. The molecule has 0 unspecified atom stereocenters. The Morgan fingerprint density at radius 2 is 2.38 bits per heavy atom. The zero-order valence-corrected chi connectivity index (χ0v) is 7.27. The van der Waals surface area contributed by atoms with Crippen molar-refractivity contribution in [1.82, 2.24) is 4.98 Å². The highest BCUT2D eigenvalue weighted by atomic mass is 16.6. The summed E-state index contributed by atoms with van der Waals surface area (Å²) in [6.07, 6.45) is 0.337. The Labute approximate surface area is 75.5 Å². The molecule has 0 spiro atoms. The fraction of sp³-hybridized carbons (Fsp3) is 0.375. The van der Waals surface area contributed by atoms with E-state index in [1.54, 1.807) is 18.2 Å². The number of rotatable bonds is 4. The third-order valence-corrected chi connectivity index (χ3v) is 1.54. The van der Waals surface area contributed by atoms with Crippen LogP contribution in [0.5, 0.6) is 5.88 Å². The maximum atomic E-state index is 10.1. The summed E-state index contributed by atoms with van der Waals surface area (Å²) >= 11 is 0. The van der Waals surface area contributed by atoms with Gasteiger partial charge in [0.1, 0.15) is 0 Å². The molecule has 13 heavy (non-hydrogen) atoms. The number of hydrogen-bond acceptors (Lipinski definition) is 4. The fourth-order valence-electron chi connectivity index (χ4n) is 0.916. The molecule has 0 atom stereocenters. The molecule has 5 heteroatoms. The van der Waals surface area contributed by atoms with E-state index >= 15 is 0 Å². The molecule has 1 rings (SSSR count). The quantitative estimate of drug-likeness (QED) is 0.512. The van der Waals surface area contributed by atoms with Crippen LogP contribution in [-0.2, 0) is 6.42 Å². The van der Waals surface area contributed by atoms with Crippen LogP contribution in [-0.4, -0.2) is 23.6 Å². The van der Waals surface area contributed by atoms with E-state index in [9.17, 15) is 10.1 Å². The van der Waals surface area contributed by atoms with E-state index < -0.39 is 0 Å². The van der Waals surface area contributed by atoms with Crippen molar-refractivity contribution in [3.05, 3.63) is 34.0 Å². The van der Waals surface area contributed by atoms with Crippen molar-refractivity contribution >= 4 is 0 Å². The molecule has 0 N–H and O–H groups in total. The number of nitro groups is 1. The maximum absolute atomic E-state index is 10.1. The molecular formula is C8H10N2O3. The van der Waals surface area contributed by atoms with Crippen molar-refractivity contribution in [3.63, 3.8) is 0 Å². The zero-order chi connectivity index (χ0) is 9.68. The SMILES string of the molecule is COc1cccc(CC[N+](=O)[O-])n1. The molecule has 0 fully saturated rings. The zero-order valence-electron chi connectivity index (χ0n) is 7.27. The molecule has 0 aliphatic carbocycles. The van der Waals surface area contributed by atoms with Gasteiger partial charge in [-0.1, -0.05) is 6.07 Å². The molecule has 0 aromatic carbocycles. The molecule has 0 amide bonds. The van der Waals surface area contributed by atoms with Gasteiger partial charge in [-0.25, -0.2) is 4.98 Å². The number of hydrogen-bond donors (Lipinski definition) is 0. The van der Waals surface area contributed by atoms with Crippen molar-refractivity contribution in [1.29, 1.82) is 0 Å². The smallest absolute Gasteiger partial charge is 0.213 e. The van der Waals surface area contributed by atoms with Crippen molar-refractivity contribution in [2.24, 2.45) is 0 Å². The van der Waals surface area contributed by atoms with Crippen LogP contribution in [0.1, 0.15) is 5.69 Å². The van der Waals surface area contributed by atoms with E-state index in [0.29, 0.717) is 18.0 Å². The van der Waals surface area contributed by atoms with Crippen LogP contribution >= 0.6 is 0 Å². The second kappa shape index (κ2) is 4.39. The van der Waals surface area contributed by atoms with Crippen LogP contribution in [0.25, 0.3) is 0 Å². The number of aromatic nitrogens is 1. The Kier molecular flexibility index (Phi) is 3.19. The van der Waals surface area contributed by atoms with Crippen molar-refractivity contribution in [2.45, 2.75) is 6.42 Å². The molecule has 1 aromatic heterocycles. The Hall–Kier alpha value is -1.65. The van der Waals surface area contributed by atoms with Crippen molar-refractivity contribution < 1.29 is 9.66 Å². The second-order valence-corrected chi connectivity index (χ2v) is 2.48. The van der Waals surface area contributed by atoms with Crippen LogP contribution in [0.3, 0.4) is 0 Å². The molecule has 0 saturated carbocycles. The third-order valence-electron chi connectivity index (χ3n) is 1.54. The molecule has 1 aromatic rings. The lowest BCUT2D eigenvalue weighted by Gasteiger charge is -2.00. The largest absolute Gasteiger partial charge is 0.481 e. The molecule has 1 heterocycles. The Morgan fingerprint density at radius 3 is 3.00 bits per heavy atom. The standard InChI is InChI=1S/C8H10N2O3/c1-13-8-4-2-3-7(9-8)5-6-10(11)12/h2-4H,5-6H2,1H3. The molecule has 0 radical (unpaired) electrons. The van der Waals surface area contributed by atoms with Gasteiger partial charge in [-0.15, -0.1) is 0 Å². The maximum Gasteiger partial charge on any atom is 0.213 e. The average Bonchev–Trinajstić information content (AvgIpc) is 2.15. The molecule has 0 saturated heterocycles. The van der Waals surface area contributed by atoms with Crippen LogP contribution in [0.4, 0.5) is 0 Å². The van der Waals surface area contributed by atoms with Crippen molar-refractivity contribution in [3.8, 4) is 5.88 Å². The number of pyridine rings is 1. The first-order valence-corrected chi connectivity index (χ1v) is 3.84. The summed E-state index contributed by atoms with van der Waals surface area (Å²) in [5.41, 5.74) is 0.677. The molecular weight excluding hydrogens is 172 g/mol. The molecule has 0 aliphatic rings. The summed E-state index contributed by atoms with van der Waals surface area (Å²) in [4.78, 5) is 13.8. The van der Waals surface area contributed by atoms with E-state index in [0.717, 1.165) is 0 Å². The van der Waals surface area contributed by atoms with Crippen LogP contribution < -0.4 is 4.74 Å². The van der Waals surface area contributed by atoms with Gasteiger partial charge in [0, 0.05) is 11.0 Å². The van der Waals surface area contributed by atoms with Gasteiger partial charge in [0.25, 0.3) is 0 Å². The minimum atomic E-state index is -0.360. The van der Waals surface area contributed by atoms with Crippen LogP contribution in [0.2, 0.25) is 0 Å². The van der Waals surface area contributed by atoms with Gasteiger partial charge >= 0.3 is 0 Å². The van der Waals surface area contributed by atoms with Crippen LogP contribution in [0.15, 0.2) is 18.2 Å². The summed E-state index contributed by atoms with van der Waals surface area (Å²) in [5.74, 6) is 0.487. The highest BCUT2D eigenvalue weighted by Gasteiger charge is 2.01. The highest BCUT2D eigenvalue weighted by Crippen LogP contribution is 2.06. The second-order valence-electron chi connectivity index (χ2n) is 2.48. The van der Waals surface area contributed by atoms with Crippen LogP contribution in [0, 0.1) is 10.1 Å². The number of nitrogens with zero attached hydrogens (tertiary/aromatic N) is 2. The van der Waals surface area contributed by atoms with E-state index in [1.807, 2.05) is 0 Å². The van der Waals surface area contributed by atoms with E-state index in [-0.39, 0.29) is 11.5 Å². The predicted molar refractivity (Wildman–Crippen MR) is 46.4 cm³/mol. The minimum Gasteiger partial charge on any atom is -0.481 e. The first-order chi connectivity index (χ1) is 6.22. The predicted octanol–water partition coefficient (Wildman–Crippen LogP) is 0.909. The normalized spacial score (nSPS) is 9.62. The average molecular weight is 182 g/mol. The summed E-state index contributed by atoms with van der Waals surface area (Å²) in [5, 5.41) is 10.1. The first kappa shape index (κ1) is 9.44. The topological polar surface area (TPSA) is 65.3 Å². The summed E-state index contributed by atoms with van der Waals surface area (Å²) in [6.45, 7) is -0.0971. The number of methoxy groups -OCH3 is 1. The summed E-state index contributed by atoms with van der Waals surface area (Å²) in [7, 11) is 1.51. The Bertz CT molecular complexity index is 301. The van der Waals surface area contributed by atoms with Crippen molar-refractivity contribution in [2.75, 3.05) is 13.7 Å². The summed E-state index contributed by atoms with van der Waals surface area (Å²) in [6, 6.07) is 5.21. The minimum absolute atomic E-state index is 0.0971. The van der Waals surface area contributed by atoms with E-state index in [4.69, 9.17) is 4.74 Å². The molecule has 70 valence electrons. The van der Waals surface area contributed by atoms with Gasteiger partial charge in [-0.05, 0) is 6.07 Å².